The van der Waals surface area contributed by atoms with E-state index in [1.807, 2.05) is 0 Å². The molecule has 0 saturated carbocycles. The van der Waals surface area contributed by atoms with Gasteiger partial charge in [-0.15, -0.1) is 0 Å². The van der Waals surface area contributed by atoms with Crippen molar-refractivity contribution < 1.29 is 9.72 Å². The van der Waals surface area contributed by atoms with E-state index in [9.17, 15) is 14.9 Å². The van der Waals surface area contributed by atoms with Crippen LogP contribution in [0, 0.1) is 16.0 Å². The monoisotopic (exact) mass is 272 g/mol. The largest absolute Gasteiger partial charge is 0.324 e. The SMILES string of the molecule is CC(C)C(=O)Nc1cc(NN)c([N+](=O)[O-])cc1Cl. The van der Waals surface area contributed by atoms with E-state index in [2.05, 4.69) is 10.7 Å². The number of nitrogen functional groups attached to an aromatic ring is 1. The number of nitro benzene ring substituents is 1. The summed E-state index contributed by atoms with van der Waals surface area (Å²) in [5.41, 5.74) is 2.28. The predicted octanol–water partition coefficient (Wildman–Crippen LogP) is 2.13. The Hall–Kier alpha value is -1.86. The summed E-state index contributed by atoms with van der Waals surface area (Å²) in [4.78, 5) is 21.7. The van der Waals surface area contributed by atoms with E-state index in [4.69, 9.17) is 17.4 Å². The van der Waals surface area contributed by atoms with E-state index in [1.54, 1.807) is 13.8 Å². The van der Waals surface area contributed by atoms with Crippen LogP contribution in [0.5, 0.6) is 0 Å². The molecule has 18 heavy (non-hydrogen) atoms. The van der Waals surface area contributed by atoms with E-state index in [0.717, 1.165) is 6.07 Å². The quantitative estimate of drug-likeness (QED) is 0.442. The van der Waals surface area contributed by atoms with Crippen molar-refractivity contribution in [3.8, 4) is 0 Å². The number of nitrogens with zero attached hydrogens (tertiary/aromatic N) is 1. The Morgan fingerprint density at radius 3 is 2.50 bits per heavy atom. The molecule has 0 aliphatic rings. The summed E-state index contributed by atoms with van der Waals surface area (Å²) in [6.07, 6.45) is 0. The fourth-order valence-electron chi connectivity index (χ4n) is 1.20. The molecule has 1 rings (SSSR count). The van der Waals surface area contributed by atoms with Crippen LogP contribution in [0.1, 0.15) is 13.8 Å². The number of hydrogen-bond acceptors (Lipinski definition) is 5. The molecule has 0 fully saturated rings. The molecule has 98 valence electrons. The highest BCUT2D eigenvalue weighted by molar-refractivity contribution is 6.34. The highest BCUT2D eigenvalue weighted by atomic mass is 35.5. The maximum Gasteiger partial charge on any atom is 0.295 e. The first kappa shape index (κ1) is 14.2. The van der Waals surface area contributed by atoms with Crippen LogP contribution in [0.4, 0.5) is 17.1 Å². The molecule has 0 aliphatic carbocycles. The van der Waals surface area contributed by atoms with Crippen molar-refractivity contribution in [3.05, 3.63) is 27.3 Å². The van der Waals surface area contributed by atoms with Gasteiger partial charge in [0.05, 0.1) is 15.6 Å². The minimum Gasteiger partial charge on any atom is -0.324 e. The first-order valence-corrected chi connectivity index (χ1v) is 5.50. The second kappa shape index (κ2) is 5.65. The second-order valence-electron chi connectivity index (χ2n) is 3.89. The van der Waals surface area contributed by atoms with Gasteiger partial charge in [0.15, 0.2) is 0 Å². The molecular weight excluding hydrogens is 260 g/mol. The highest BCUT2D eigenvalue weighted by Crippen LogP contribution is 2.33. The van der Waals surface area contributed by atoms with Gasteiger partial charge >= 0.3 is 0 Å². The van der Waals surface area contributed by atoms with Gasteiger partial charge in [-0.1, -0.05) is 25.4 Å². The standard InChI is InChI=1S/C10H13ClN4O3/c1-5(2)10(16)13-7-4-8(14-12)9(15(17)18)3-6(7)11/h3-5,14H,12H2,1-2H3,(H,13,16). The first-order chi connectivity index (χ1) is 8.36. The lowest BCUT2D eigenvalue weighted by Crippen LogP contribution is -2.18. The molecule has 0 spiro atoms. The third-order valence-electron chi connectivity index (χ3n) is 2.22. The van der Waals surface area contributed by atoms with Crippen molar-refractivity contribution in [1.29, 1.82) is 0 Å². The fraction of sp³-hybridized carbons (Fsp3) is 0.300. The third-order valence-corrected chi connectivity index (χ3v) is 2.53. The van der Waals surface area contributed by atoms with Crippen molar-refractivity contribution in [3.63, 3.8) is 0 Å². The Morgan fingerprint density at radius 2 is 2.06 bits per heavy atom. The van der Waals surface area contributed by atoms with Gasteiger partial charge in [0, 0.05) is 12.0 Å². The number of hydrazine groups is 1. The van der Waals surface area contributed by atoms with Gasteiger partial charge < -0.3 is 10.7 Å². The molecule has 1 aromatic carbocycles. The van der Waals surface area contributed by atoms with Crippen molar-refractivity contribution in [2.45, 2.75) is 13.8 Å². The maximum atomic E-state index is 11.5. The summed E-state index contributed by atoms with van der Waals surface area (Å²) in [6.45, 7) is 3.44. The Morgan fingerprint density at radius 1 is 1.44 bits per heavy atom. The lowest BCUT2D eigenvalue weighted by Gasteiger charge is -2.11. The van der Waals surface area contributed by atoms with Crippen LogP contribution >= 0.6 is 11.6 Å². The number of nitrogens with two attached hydrogens (primary N) is 1. The molecule has 0 heterocycles. The summed E-state index contributed by atoms with van der Waals surface area (Å²) >= 11 is 5.86. The number of rotatable bonds is 4. The predicted molar refractivity (Wildman–Crippen MR) is 69.4 cm³/mol. The first-order valence-electron chi connectivity index (χ1n) is 5.12. The molecule has 8 heteroatoms. The van der Waals surface area contributed by atoms with E-state index in [0.29, 0.717) is 0 Å². The average Bonchev–Trinajstić information content (AvgIpc) is 2.30. The van der Waals surface area contributed by atoms with E-state index < -0.39 is 4.92 Å². The van der Waals surface area contributed by atoms with Crippen molar-refractivity contribution in [2.24, 2.45) is 11.8 Å². The molecule has 0 radical (unpaired) electrons. The lowest BCUT2D eigenvalue weighted by atomic mass is 10.2. The lowest BCUT2D eigenvalue weighted by molar-refractivity contribution is -0.383. The van der Waals surface area contributed by atoms with E-state index >= 15 is 0 Å². The zero-order valence-corrected chi connectivity index (χ0v) is 10.6. The van der Waals surface area contributed by atoms with Crippen molar-refractivity contribution >= 4 is 34.6 Å². The molecule has 7 nitrogen and oxygen atoms in total. The normalized spacial score (nSPS) is 10.3. The number of amides is 1. The van der Waals surface area contributed by atoms with E-state index in [1.165, 1.54) is 6.07 Å². The Balaban J connectivity index is 3.15. The minimum absolute atomic E-state index is 0.0726. The summed E-state index contributed by atoms with van der Waals surface area (Å²) in [7, 11) is 0. The fourth-order valence-corrected chi connectivity index (χ4v) is 1.41. The van der Waals surface area contributed by atoms with Gasteiger partial charge in [-0.3, -0.25) is 20.8 Å². The van der Waals surface area contributed by atoms with Crippen LogP contribution < -0.4 is 16.6 Å². The van der Waals surface area contributed by atoms with Gasteiger partial charge in [-0.25, -0.2) is 0 Å². The van der Waals surface area contributed by atoms with Crippen LogP contribution in [0.15, 0.2) is 12.1 Å². The van der Waals surface area contributed by atoms with Crippen LogP contribution in [-0.4, -0.2) is 10.8 Å². The Bertz CT molecular complexity index is 490. The smallest absolute Gasteiger partial charge is 0.295 e. The molecule has 0 unspecified atom stereocenters. The van der Waals surface area contributed by atoms with Gasteiger partial charge in [-0.05, 0) is 6.07 Å². The zero-order chi connectivity index (χ0) is 13.9. The number of nitro groups is 1. The molecule has 1 aromatic rings. The van der Waals surface area contributed by atoms with Crippen molar-refractivity contribution in [2.75, 3.05) is 10.7 Å². The summed E-state index contributed by atoms with van der Waals surface area (Å²) in [6, 6.07) is 2.45. The number of hydrogen-bond donors (Lipinski definition) is 3. The van der Waals surface area contributed by atoms with Crippen LogP contribution in [-0.2, 0) is 4.79 Å². The number of halogens is 1. The highest BCUT2D eigenvalue weighted by Gasteiger charge is 2.18. The molecular formula is C10H13ClN4O3. The summed E-state index contributed by atoms with van der Waals surface area (Å²) in [5, 5.41) is 13.4. The van der Waals surface area contributed by atoms with Gasteiger partial charge in [0.25, 0.3) is 5.69 Å². The Kier molecular flexibility index (Phi) is 4.46. The average molecular weight is 273 g/mol. The minimum atomic E-state index is -0.616. The molecule has 0 bridgehead atoms. The molecule has 0 atom stereocenters. The molecule has 0 saturated heterocycles. The van der Waals surface area contributed by atoms with Crippen LogP contribution in [0.2, 0.25) is 5.02 Å². The van der Waals surface area contributed by atoms with E-state index in [-0.39, 0.29) is 33.9 Å². The summed E-state index contributed by atoms with van der Waals surface area (Å²) in [5.74, 6) is 4.71. The molecule has 4 N–H and O–H groups in total. The van der Waals surface area contributed by atoms with Crippen molar-refractivity contribution in [1.82, 2.24) is 0 Å². The third kappa shape index (κ3) is 3.08. The second-order valence-corrected chi connectivity index (χ2v) is 4.30. The topological polar surface area (TPSA) is 110 Å². The number of anilines is 2. The van der Waals surface area contributed by atoms with Gasteiger partial charge in [-0.2, -0.15) is 0 Å². The number of carbonyl (C=O) groups excluding carboxylic acids is 1. The molecule has 0 aromatic heterocycles. The maximum absolute atomic E-state index is 11.5. The van der Waals surface area contributed by atoms with Gasteiger partial charge in [0.2, 0.25) is 5.91 Å². The van der Waals surface area contributed by atoms with Gasteiger partial charge in [0.1, 0.15) is 5.69 Å². The number of carbonyl (C=O) groups is 1. The zero-order valence-electron chi connectivity index (χ0n) is 9.86. The number of nitrogens with one attached hydrogen (secondary N) is 2. The number of benzene rings is 1. The van der Waals surface area contributed by atoms with Crippen LogP contribution in [0.3, 0.4) is 0 Å². The van der Waals surface area contributed by atoms with Crippen LogP contribution in [0.25, 0.3) is 0 Å². The molecule has 1 amide bonds. The Labute approximate surface area is 108 Å². The summed E-state index contributed by atoms with van der Waals surface area (Å²) < 4.78 is 0. The molecule has 0 aliphatic heterocycles.